The van der Waals surface area contributed by atoms with Crippen LogP contribution >= 0.6 is 11.6 Å². The molecule has 3 aromatic rings. The molecule has 1 aliphatic rings. The van der Waals surface area contributed by atoms with Gasteiger partial charge in [0.2, 0.25) is 0 Å². The van der Waals surface area contributed by atoms with Crippen molar-refractivity contribution in [3.8, 4) is 11.5 Å². The van der Waals surface area contributed by atoms with Crippen molar-refractivity contribution in [3.05, 3.63) is 87.9 Å². The van der Waals surface area contributed by atoms with Gasteiger partial charge in [0.1, 0.15) is 11.5 Å². The second-order valence-corrected chi connectivity index (χ2v) is 8.65. The maximum Gasteiger partial charge on any atom is 0.337 e. The van der Waals surface area contributed by atoms with Crippen molar-refractivity contribution >= 4 is 23.3 Å². The van der Waals surface area contributed by atoms with Crippen LogP contribution in [0.1, 0.15) is 39.6 Å². The Morgan fingerprint density at radius 2 is 1.91 bits per heavy atom. The van der Waals surface area contributed by atoms with Crippen LogP contribution in [0, 0.1) is 0 Å². The van der Waals surface area contributed by atoms with E-state index >= 15 is 0 Å². The van der Waals surface area contributed by atoms with E-state index in [4.69, 9.17) is 16.3 Å². The van der Waals surface area contributed by atoms with Gasteiger partial charge < -0.3 is 25.6 Å². The van der Waals surface area contributed by atoms with E-state index in [0.717, 1.165) is 24.8 Å². The molecule has 7 heteroatoms. The van der Waals surface area contributed by atoms with Gasteiger partial charge in [0.05, 0.1) is 11.7 Å². The molecule has 0 saturated carbocycles. The monoisotopic (exact) mass is 466 g/mol. The van der Waals surface area contributed by atoms with Crippen molar-refractivity contribution in [1.82, 2.24) is 5.32 Å². The van der Waals surface area contributed by atoms with Gasteiger partial charge in [-0.15, -0.1) is 0 Å². The third-order valence-electron chi connectivity index (χ3n) is 5.97. The lowest BCUT2D eigenvalue weighted by atomic mass is 9.88. The quantitative estimate of drug-likeness (QED) is 0.371. The van der Waals surface area contributed by atoms with Crippen molar-refractivity contribution < 1.29 is 19.7 Å². The van der Waals surface area contributed by atoms with Crippen LogP contribution in [0.15, 0.2) is 60.7 Å². The Morgan fingerprint density at radius 3 is 2.67 bits per heavy atom. The molecule has 4 rings (SSSR count). The molecule has 0 aliphatic heterocycles. The summed E-state index contributed by atoms with van der Waals surface area (Å²) in [5, 5.41) is 26.9. The summed E-state index contributed by atoms with van der Waals surface area (Å²) < 4.78 is 5.97. The molecule has 2 atom stereocenters. The number of fused-ring (bicyclic) bond motifs is 1. The third kappa shape index (κ3) is 5.66. The lowest BCUT2D eigenvalue weighted by molar-refractivity contribution is 0.0697. The highest BCUT2D eigenvalue weighted by molar-refractivity contribution is 6.30. The maximum atomic E-state index is 11.5. The summed E-state index contributed by atoms with van der Waals surface area (Å²) in [6.07, 6.45) is 2.14. The number of benzene rings is 3. The van der Waals surface area contributed by atoms with Gasteiger partial charge in [0, 0.05) is 30.3 Å². The highest BCUT2D eigenvalue weighted by Crippen LogP contribution is 2.30. The second kappa shape index (κ2) is 10.3. The lowest BCUT2D eigenvalue weighted by Gasteiger charge is -2.27. The average molecular weight is 467 g/mol. The number of hydrogen-bond donors (Lipinski definition) is 4. The Labute approximate surface area is 198 Å². The zero-order valence-electron chi connectivity index (χ0n) is 18.3. The van der Waals surface area contributed by atoms with Crippen LogP contribution in [0.2, 0.25) is 5.02 Å². The van der Waals surface area contributed by atoms with Crippen LogP contribution < -0.4 is 15.4 Å². The van der Waals surface area contributed by atoms with E-state index in [1.54, 1.807) is 31.3 Å². The third-order valence-corrected chi connectivity index (χ3v) is 6.20. The van der Waals surface area contributed by atoms with Crippen molar-refractivity contribution in [3.63, 3.8) is 0 Å². The van der Waals surface area contributed by atoms with E-state index in [2.05, 4.69) is 16.7 Å². The molecule has 4 N–H and O–H groups in total. The Bertz CT molecular complexity index is 1150. The highest BCUT2D eigenvalue weighted by Gasteiger charge is 2.20. The molecular weight excluding hydrogens is 440 g/mol. The minimum absolute atomic E-state index is 0.162. The first-order valence-corrected chi connectivity index (χ1v) is 11.3. The van der Waals surface area contributed by atoms with Gasteiger partial charge >= 0.3 is 5.97 Å². The highest BCUT2D eigenvalue weighted by atomic mass is 35.5. The number of carbonyl (C=O) groups is 1. The molecule has 33 heavy (non-hydrogen) atoms. The van der Waals surface area contributed by atoms with Gasteiger partial charge in [-0.2, -0.15) is 0 Å². The number of ether oxygens (including phenoxy) is 1. The van der Waals surface area contributed by atoms with E-state index in [9.17, 15) is 15.0 Å². The van der Waals surface area contributed by atoms with E-state index in [1.807, 2.05) is 24.3 Å². The topological polar surface area (TPSA) is 90.8 Å². The number of aromatic carboxylic acids is 1. The number of carboxylic acid groups (broad SMARTS) is 1. The number of halogens is 1. The summed E-state index contributed by atoms with van der Waals surface area (Å²) in [5.74, 6) is 0.132. The molecule has 1 aliphatic carbocycles. The molecule has 0 aromatic heterocycles. The molecular formula is C26H27ClN2O4. The molecule has 0 spiro atoms. The number of aryl methyl sites for hydroxylation is 1. The van der Waals surface area contributed by atoms with Crippen molar-refractivity contribution in [2.75, 3.05) is 18.9 Å². The molecule has 0 heterocycles. The number of carboxylic acids is 1. The van der Waals surface area contributed by atoms with Crippen LogP contribution in [-0.2, 0) is 12.8 Å². The van der Waals surface area contributed by atoms with Crippen LogP contribution in [0.4, 0.5) is 5.69 Å². The zero-order chi connectivity index (χ0) is 23.4. The molecule has 0 bridgehead atoms. The summed E-state index contributed by atoms with van der Waals surface area (Å²) in [6.45, 7) is 0.451. The molecule has 172 valence electrons. The lowest BCUT2D eigenvalue weighted by Crippen LogP contribution is -2.37. The first kappa shape index (κ1) is 23.1. The molecule has 6 nitrogen and oxygen atoms in total. The smallest absolute Gasteiger partial charge is 0.337 e. The molecule has 0 amide bonds. The van der Waals surface area contributed by atoms with Crippen LogP contribution in [0.5, 0.6) is 11.5 Å². The Hall–Kier alpha value is -3.06. The summed E-state index contributed by atoms with van der Waals surface area (Å²) in [5.41, 5.74) is 3.97. The van der Waals surface area contributed by atoms with Gasteiger partial charge in [-0.1, -0.05) is 29.8 Å². The number of rotatable bonds is 8. The van der Waals surface area contributed by atoms with Gasteiger partial charge in [0.25, 0.3) is 0 Å². The van der Waals surface area contributed by atoms with Crippen LogP contribution in [0.3, 0.4) is 0 Å². The Morgan fingerprint density at radius 1 is 1.12 bits per heavy atom. The average Bonchev–Trinajstić information content (AvgIpc) is 2.82. The summed E-state index contributed by atoms with van der Waals surface area (Å²) >= 11 is 6.03. The van der Waals surface area contributed by atoms with Gasteiger partial charge in [-0.3, -0.25) is 0 Å². The Balaban J connectivity index is 1.41. The number of aliphatic hydroxyl groups is 1. The fourth-order valence-corrected chi connectivity index (χ4v) is 4.40. The zero-order valence-corrected chi connectivity index (χ0v) is 19.1. The normalized spacial score (nSPS) is 16.0. The van der Waals surface area contributed by atoms with Gasteiger partial charge in [0.15, 0.2) is 0 Å². The summed E-state index contributed by atoms with van der Waals surface area (Å²) in [7, 11) is 1.68. The first-order chi connectivity index (χ1) is 15.9. The van der Waals surface area contributed by atoms with Crippen LogP contribution in [0.25, 0.3) is 0 Å². The standard InChI is InChI=1S/C26H27ClN2O4/c1-28-24-10-9-22(14-23(24)26(31)32)33-21-8-6-16-5-7-20(12-18(16)13-21)29-15-25(30)17-3-2-4-19(27)11-17/h2-4,6,8-11,13-14,20,25,28-30H,5,7,12,15H2,1H3,(H,31,32)/t20-,25+/m0/s1. The first-order valence-electron chi connectivity index (χ1n) is 10.9. The number of nitrogens with one attached hydrogen (secondary N) is 2. The minimum atomic E-state index is -1.01. The van der Waals surface area contributed by atoms with E-state index in [0.29, 0.717) is 28.8 Å². The largest absolute Gasteiger partial charge is 0.478 e. The molecule has 0 unspecified atom stereocenters. The van der Waals surface area contributed by atoms with E-state index in [-0.39, 0.29) is 11.6 Å². The van der Waals surface area contributed by atoms with Crippen molar-refractivity contribution in [2.24, 2.45) is 0 Å². The maximum absolute atomic E-state index is 11.5. The fourth-order valence-electron chi connectivity index (χ4n) is 4.20. The fraction of sp³-hybridized carbons (Fsp3) is 0.269. The van der Waals surface area contributed by atoms with Crippen LogP contribution in [-0.4, -0.2) is 35.8 Å². The van der Waals surface area contributed by atoms with E-state index in [1.165, 1.54) is 17.2 Å². The molecule has 0 radical (unpaired) electrons. The summed E-state index contributed by atoms with van der Waals surface area (Å²) in [4.78, 5) is 11.5. The number of aliphatic hydroxyl groups excluding tert-OH is 1. The predicted molar refractivity (Wildman–Crippen MR) is 130 cm³/mol. The van der Waals surface area contributed by atoms with Gasteiger partial charge in [-0.25, -0.2) is 4.79 Å². The van der Waals surface area contributed by atoms with Crippen molar-refractivity contribution in [1.29, 1.82) is 0 Å². The molecule has 3 aromatic carbocycles. The van der Waals surface area contributed by atoms with E-state index < -0.39 is 12.1 Å². The SMILES string of the molecule is CNc1ccc(Oc2ccc3c(c2)C[C@@H](NC[C@@H](O)c2cccc(Cl)c2)CC3)cc1C(=O)O. The molecule has 0 saturated heterocycles. The predicted octanol–water partition coefficient (Wildman–Crippen LogP) is 5.05. The number of anilines is 1. The van der Waals surface area contributed by atoms with Gasteiger partial charge in [-0.05, 0) is 78.4 Å². The molecule has 0 fully saturated rings. The van der Waals surface area contributed by atoms with Crippen molar-refractivity contribution in [2.45, 2.75) is 31.4 Å². The minimum Gasteiger partial charge on any atom is -0.478 e. The number of hydrogen-bond acceptors (Lipinski definition) is 5. The Kier molecular flexibility index (Phi) is 7.18. The summed E-state index contributed by atoms with van der Waals surface area (Å²) in [6, 6.07) is 18.5. The second-order valence-electron chi connectivity index (χ2n) is 8.21.